The number of nitro benzene ring substituents is 1. The Hall–Kier alpha value is -8.18. The Balaban J connectivity index is 0.682. The fourth-order valence-corrected chi connectivity index (χ4v) is 13.4. The second-order valence-electron chi connectivity index (χ2n) is 23.4. The molecule has 0 radical (unpaired) electrons. The number of piperidine rings is 1. The van der Waals surface area contributed by atoms with Gasteiger partial charge in [0.25, 0.3) is 33.4 Å². The molecule has 1 unspecified atom stereocenters. The summed E-state index contributed by atoms with van der Waals surface area (Å²) in [4.78, 5) is 89.6. The van der Waals surface area contributed by atoms with Gasteiger partial charge in [0.2, 0.25) is 11.8 Å². The number of fused-ring (bicyclic) bond motifs is 2. The van der Waals surface area contributed by atoms with Crippen LogP contribution >= 0.6 is 11.6 Å². The molecule has 5 aliphatic rings. The minimum Gasteiger partial charge on any atom is -0.455 e. The number of nitrogens with zero attached hydrogens (tertiary/aromatic N) is 5. The number of pyridine rings is 1. The third kappa shape index (κ3) is 13.2. The summed E-state index contributed by atoms with van der Waals surface area (Å²) in [5.41, 5.74) is 6.24. The Morgan fingerprint density at radius 1 is 0.871 bits per heavy atom. The van der Waals surface area contributed by atoms with Gasteiger partial charge in [-0.3, -0.25) is 49.2 Å². The number of benzene rings is 4. The minimum absolute atomic E-state index is 0.0397. The number of aromatic nitrogens is 2. The quantitative estimate of drug-likeness (QED) is 0.0180. The van der Waals surface area contributed by atoms with E-state index in [4.69, 9.17) is 16.3 Å². The molecule has 21 nitrogen and oxygen atoms in total. The number of aromatic amines is 1. The zero-order chi connectivity index (χ0) is 59.6. The highest BCUT2D eigenvalue weighted by atomic mass is 35.5. The first-order valence-corrected chi connectivity index (χ1v) is 30.8. The van der Waals surface area contributed by atoms with Gasteiger partial charge in [-0.1, -0.05) is 49.2 Å². The van der Waals surface area contributed by atoms with E-state index in [9.17, 15) is 42.5 Å². The SMILES string of the molecule is CC1(C)CCC(CN2CCN(c3ccc(C(=O)NS(=O)(=O)c4ccc(NC[C@H]5CC[C@@H](NCCCNc6cccc7c6C(=O)N(C6CCC(=O)NC6=O)C7=O)CC5)c([N+](=O)[O-])c4)c(Oc4cnc5[nH]ccc5c4)c3)CC2)=C(c2ccc(Cl)cc2)C1. The summed E-state index contributed by atoms with van der Waals surface area (Å²) >= 11 is 6.27. The largest absolute Gasteiger partial charge is 0.455 e. The van der Waals surface area contributed by atoms with Crippen molar-refractivity contribution in [3.8, 4) is 11.5 Å². The smallest absolute Gasteiger partial charge is 0.293 e. The Kier molecular flexibility index (Phi) is 17.1. The van der Waals surface area contributed by atoms with E-state index >= 15 is 0 Å². The van der Waals surface area contributed by atoms with Crippen LogP contribution in [0.2, 0.25) is 5.02 Å². The maximum atomic E-state index is 14.2. The molecular weight excluding hydrogens is 1130 g/mol. The molecule has 6 N–H and O–H groups in total. The zero-order valence-corrected chi connectivity index (χ0v) is 49.0. The van der Waals surface area contributed by atoms with E-state index in [1.807, 2.05) is 18.2 Å². The molecule has 2 aliphatic carbocycles. The average molecular weight is 1190 g/mol. The molecule has 5 amide bonds. The molecule has 444 valence electrons. The number of nitro groups is 1. The minimum atomic E-state index is -4.64. The highest BCUT2D eigenvalue weighted by Crippen LogP contribution is 2.44. The Labute approximate surface area is 497 Å². The van der Waals surface area contributed by atoms with Crippen LogP contribution in [0.15, 0.2) is 114 Å². The van der Waals surface area contributed by atoms with Gasteiger partial charge in [-0.2, -0.15) is 0 Å². The zero-order valence-electron chi connectivity index (χ0n) is 47.4. The molecule has 5 heterocycles. The molecule has 1 saturated carbocycles. The van der Waals surface area contributed by atoms with Gasteiger partial charge in [-0.05, 0) is 147 Å². The molecule has 2 aromatic heterocycles. The number of anilines is 3. The van der Waals surface area contributed by atoms with Crippen molar-refractivity contribution in [2.45, 2.75) is 95.0 Å². The molecule has 1 atom stereocenters. The molecule has 4 aromatic carbocycles. The van der Waals surface area contributed by atoms with Crippen molar-refractivity contribution in [3.63, 3.8) is 0 Å². The maximum Gasteiger partial charge on any atom is 0.293 e. The lowest BCUT2D eigenvalue weighted by Gasteiger charge is -2.39. The van der Waals surface area contributed by atoms with Crippen LogP contribution in [0.25, 0.3) is 16.6 Å². The van der Waals surface area contributed by atoms with E-state index in [-0.39, 0.29) is 58.3 Å². The van der Waals surface area contributed by atoms with Gasteiger partial charge in [0, 0.05) is 98.4 Å². The summed E-state index contributed by atoms with van der Waals surface area (Å²) < 4.78 is 36.4. The van der Waals surface area contributed by atoms with Crippen molar-refractivity contribution in [1.82, 2.24) is 35.1 Å². The number of imide groups is 2. The maximum absolute atomic E-state index is 14.2. The van der Waals surface area contributed by atoms with Crippen molar-refractivity contribution < 1.29 is 42.1 Å². The van der Waals surface area contributed by atoms with Gasteiger partial charge in [0.05, 0.1) is 32.7 Å². The second kappa shape index (κ2) is 24.8. The number of rotatable bonds is 20. The van der Waals surface area contributed by atoms with E-state index in [1.165, 1.54) is 41.1 Å². The van der Waals surface area contributed by atoms with E-state index in [0.717, 1.165) is 86.6 Å². The summed E-state index contributed by atoms with van der Waals surface area (Å²) in [5.74, 6) is -2.58. The van der Waals surface area contributed by atoms with Gasteiger partial charge in [0.1, 0.15) is 28.9 Å². The highest BCUT2D eigenvalue weighted by molar-refractivity contribution is 7.90. The van der Waals surface area contributed by atoms with E-state index in [1.54, 1.807) is 42.6 Å². The number of hydrogen-bond donors (Lipinski definition) is 6. The number of halogens is 1. The predicted octanol–water partition coefficient (Wildman–Crippen LogP) is 9.29. The van der Waals surface area contributed by atoms with Crippen LogP contribution in [0.1, 0.15) is 115 Å². The van der Waals surface area contributed by atoms with Crippen LogP contribution in [0.5, 0.6) is 11.5 Å². The number of hydrogen-bond acceptors (Lipinski definition) is 16. The number of piperazine rings is 1. The average Bonchev–Trinajstić information content (AvgIpc) is 4.28. The van der Waals surface area contributed by atoms with Crippen molar-refractivity contribution in [2.24, 2.45) is 11.3 Å². The molecule has 3 fully saturated rings. The van der Waals surface area contributed by atoms with E-state index < -0.39 is 61.1 Å². The van der Waals surface area contributed by atoms with Crippen molar-refractivity contribution in [2.75, 3.05) is 67.9 Å². The standard InChI is InChI=1S/C62H68ClN11O10S/c1-62(2)23-21-41(49(34-62)39-9-11-42(63)12-10-39)37-71-27-29-72(30-28-71)44-15-17-47(54(32-44)84-45-31-40-22-26-66-57(40)68-36-45)58(76)70-85(82,83)46-16-18-50(53(33-46)74(80)81)67-35-38-7-13-43(14-8-38)64-24-4-25-65-51-6-3-5-48-56(51)61(79)73(60(48)78)52-19-20-55(75)69-59(52)77/h3,5-6,9-12,15-18,22,26,31-33,36,38,43,52,64-65,67H,4,7-8,13-14,19-21,23-25,27-30,34-35,37H2,1-2H3,(H,66,68)(H,70,76)(H,69,75,77)/t38-,43+,52?. The van der Waals surface area contributed by atoms with E-state index in [0.29, 0.717) is 61.3 Å². The van der Waals surface area contributed by atoms with Gasteiger partial charge in [0.15, 0.2) is 0 Å². The fraction of sp³-hybridized carbons (Fsp3) is 0.387. The molecule has 11 rings (SSSR count). The van der Waals surface area contributed by atoms with Crippen LogP contribution in [0, 0.1) is 21.4 Å². The molecule has 85 heavy (non-hydrogen) atoms. The van der Waals surface area contributed by atoms with Crippen LogP contribution in [-0.2, 0) is 19.6 Å². The van der Waals surface area contributed by atoms with Crippen LogP contribution in [-0.4, -0.2) is 127 Å². The van der Waals surface area contributed by atoms with Crippen LogP contribution < -0.4 is 35.6 Å². The summed E-state index contributed by atoms with van der Waals surface area (Å²) in [6, 6.07) is 24.5. The normalized spacial score (nSPS) is 20.1. The van der Waals surface area contributed by atoms with Gasteiger partial charge in [-0.25, -0.2) is 18.1 Å². The van der Waals surface area contributed by atoms with Gasteiger partial charge >= 0.3 is 0 Å². The Morgan fingerprint density at radius 3 is 2.42 bits per heavy atom. The fourth-order valence-electron chi connectivity index (χ4n) is 12.3. The Morgan fingerprint density at radius 2 is 1.66 bits per heavy atom. The number of H-pyrrole nitrogens is 1. The lowest BCUT2D eigenvalue weighted by molar-refractivity contribution is -0.384. The summed E-state index contributed by atoms with van der Waals surface area (Å²) in [6.07, 6.45) is 10.7. The first-order valence-electron chi connectivity index (χ1n) is 29.0. The summed E-state index contributed by atoms with van der Waals surface area (Å²) in [5, 5.41) is 26.2. The highest BCUT2D eigenvalue weighted by Gasteiger charge is 2.46. The van der Waals surface area contributed by atoms with Crippen molar-refractivity contribution >= 4 is 90.5 Å². The van der Waals surface area contributed by atoms with Gasteiger partial charge < -0.3 is 30.6 Å². The molecule has 0 bridgehead atoms. The third-order valence-corrected chi connectivity index (χ3v) is 18.6. The lowest BCUT2D eigenvalue weighted by atomic mass is 9.72. The molecule has 23 heteroatoms. The summed E-state index contributed by atoms with van der Waals surface area (Å²) in [6.45, 7) is 10.1. The molecular formula is C62H68ClN11O10S. The third-order valence-electron chi connectivity index (χ3n) is 17.0. The number of carbonyl (C=O) groups excluding carboxylic acids is 5. The first-order chi connectivity index (χ1) is 40.9. The number of ether oxygens (including phenoxy) is 1. The molecule has 3 aliphatic heterocycles. The number of allylic oxidation sites excluding steroid dienone is 1. The molecule has 2 saturated heterocycles. The molecule has 6 aromatic rings. The number of amides is 5. The van der Waals surface area contributed by atoms with Gasteiger partial charge in [-0.15, -0.1) is 0 Å². The monoisotopic (exact) mass is 1190 g/mol. The van der Waals surface area contributed by atoms with Crippen LogP contribution in [0.3, 0.4) is 0 Å². The molecule has 0 spiro atoms. The lowest BCUT2D eigenvalue weighted by Crippen LogP contribution is -2.54. The first kappa shape index (κ1) is 58.6. The van der Waals surface area contributed by atoms with Crippen LogP contribution in [0.4, 0.5) is 22.7 Å². The number of sulfonamides is 1. The van der Waals surface area contributed by atoms with Crippen molar-refractivity contribution in [1.29, 1.82) is 0 Å². The predicted molar refractivity (Wildman–Crippen MR) is 323 cm³/mol. The van der Waals surface area contributed by atoms with Crippen molar-refractivity contribution in [3.05, 3.63) is 146 Å². The topological polar surface area (TPSA) is 270 Å². The number of nitrogens with one attached hydrogen (secondary N) is 6. The second-order valence-corrected chi connectivity index (χ2v) is 25.6. The van der Waals surface area contributed by atoms with E-state index in [2.05, 4.69) is 71.7 Å². The Bertz CT molecular complexity index is 3740. The summed E-state index contributed by atoms with van der Waals surface area (Å²) in [7, 11) is -4.64. The number of carbonyl (C=O) groups is 5.